The molecule has 12 heteroatoms. The van der Waals surface area contributed by atoms with E-state index >= 15 is 0 Å². The highest BCUT2D eigenvalue weighted by atomic mass is 32.2. The average molecular weight is 676 g/mol. The number of aromatic nitrogens is 2. The molecular formula is C35H34FN3O6S2. The van der Waals surface area contributed by atoms with Crippen LogP contribution in [0.15, 0.2) is 70.6 Å². The highest BCUT2D eigenvalue weighted by Gasteiger charge is 2.48. The first kappa shape index (κ1) is 32.5. The van der Waals surface area contributed by atoms with Crippen molar-refractivity contribution in [3.05, 3.63) is 94.3 Å². The third-order valence-corrected chi connectivity index (χ3v) is 9.97. The molecule has 2 aliphatic heterocycles. The van der Waals surface area contributed by atoms with Crippen LogP contribution < -0.4 is 19.1 Å². The summed E-state index contributed by atoms with van der Waals surface area (Å²) in [5.74, 6) is -0.312. The summed E-state index contributed by atoms with van der Waals surface area (Å²) in [7, 11) is 0. The van der Waals surface area contributed by atoms with Gasteiger partial charge in [-0.2, -0.15) is 0 Å². The second kappa shape index (κ2) is 14.1. The number of unbranched alkanes of at least 4 members (excludes halogenated alkanes) is 1. The maximum Gasteiger partial charge on any atom is 0.301 e. The van der Waals surface area contributed by atoms with Crippen molar-refractivity contribution in [3.8, 4) is 17.2 Å². The summed E-state index contributed by atoms with van der Waals surface area (Å²) in [6.45, 7) is 6.76. The molecule has 0 unspecified atom stereocenters. The third-order valence-electron chi connectivity index (χ3n) is 7.86. The number of nitrogens with zero attached hydrogens (tertiary/aromatic N) is 3. The van der Waals surface area contributed by atoms with E-state index in [0.29, 0.717) is 57.9 Å². The van der Waals surface area contributed by atoms with Crippen LogP contribution >= 0.6 is 23.1 Å². The van der Waals surface area contributed by atoms with Crippen molar-refractivity contribution in [3.63, 3.8) is 0 Å². The Morgan fingerprint density at radius 1 is 1.09 bits per heavy atom. The van der Waals surface area contributed by atoms with E-state index in [1.54, 1.807) is 54.6 Å². The number of aliphatic hydroxyl groups is 1. The van der Waals surface area contributed by atoms with Crippen molar-refractivity contribution in [2.24, 2.45) is 0 Å². The van der Waals surface area contributed by atoms with Crippen molar-refractivity contribution in [1.29, 1.82) is 0 Å². The first-order valence-corrected chi connectivity index (χ1v) is 17.3. The van der Waals surface area contributed by atoms with Crippen molar-refractivity contribution < 1.29 is 33.3 Å². The van der Waals surface area contributed by atoms with Gasteiger partial charge in [0.05, 0.1) is 24.8 Å². The Morgan fingerprint density at radius 3 is 2.70 bits per heavy atom. The molecule has 0 radical (unpaired) electrons. The molecule has 0 spiro atoms. The van der Waals surface area contributed by atoms with E-state index in [0.717, 1.165) is 35.5 Å². The molecule has 3 heterocycles. The van der Waals surface area contributed by atoms with Crippen LogP contribution in [0.2, 0.25) is 0 Å². The molecule has 9 nitrogen and oxygen atoms in total. The van der Waals surface area contributed by atoms with Crippen LogP contribution in [-0.4, -0.2) is 46.3 Å². The number of fused-ring (bicyclic) bond motifs is 1. The third kappa shape index (κ3) is 6.70. The molecule has 3 aromatic carbocycles. The Labute approximate surface area is 280 Å². The van der Waals surface area contributed by atoms with E-state index in [4.69, 9.17) is 14.2 Å². The number of benzene rings is 3. The Kier molecular flexibility index (Phi) is 9.79. The molecule has 0 aliphatic carbocycles. The summed E-state index contributed by atoms with van der Waals surface area (Å²) in [5, 5.41) is 20.4. The van der Waals surface area contributed by atoms with Gasteiger partial charge in [0.25, 0.3) is 5.78 Å². The molecule has 1 saturated heterocycles. The normalized spacial score (nSPS) is 18.3. The minimum absolute atomic E-state index is 0.00845. The number of hydrogen-bond donors (Lipinski definition) is 1. The lowest BCUT2D eigenvalue weighted by atomic mass is 9.94. The van der Waals surface area contributed by atoms with Gasteiger partial charge in [0.15, 0.2) is 15.8 Å². The molecule has 0 bridgehead atoms. The minimum Gasteiger partial charge on any atom is -0.507 e. The molecule has 1 N–H and O–H groups in total. The fourth-order valence-corrected chi connectivity index (χ4v) is 7.45. The molecule has 2 atom stereocenters. The first-order chi connectivity index (χ1) is 22.8. The van der Waals surface area contributed by atoms with Crippen LogP contribution in [0.5, 0.6) is 17.2 Å². The van der Waals surface area contributed by atoms with Gasteiger partial charge in [0.2, 0.25) is 5.13 Å². The second-order valence-corrected chi connectivity index (χ2v) is 13.4. The zero-order chi connectivity index (χ0) is 33.1. The smallest absolute Gasteiger partial charge is 0.301 e. The lowest BCUT2D eigenvalue weighted by Gasteiger charge is -2.23. The van der Waals surface area contributed by atoms with Gasteiger partial charge in [-0.15, -0.1) is 10.2 Å². The van der Waals surface area contributed by atoms with Gasteiger partial charge < -0.3 is 19.3 Å². The number of halogens is 1. The van der Waals surface area contributed by atoms with Crippen LogP contribution in [0.25, 0.3) is 5.76 Å². The number of amides is 1. The number of rotatable bonds is 12. The Bertz CT molecular complexity index is 1840. The number of ether oxygens (including phenoxy) is 3. The lowest BCUT2D eigenvalue weighted by Crippen LogP contribution is -2.29. The molecule has 6 rings (SSSR count). The van der Waals surface area contributed by atoms with E-state index < -0.39 is 17.7 Å². The zero-order valence-corrected chi connectivity index (χ0v) is 27.8. The number of ketones is 1. The predicted molar refractivity (Wildman–Crippen MR) is 179 cm³/mol. The molecule has 244 valence electrons. The summed E-state index contributed by atoms with van der Waals surface area (Å²) in [5.41, 5.74) is 2.24. The minimum atomic E-state index is -1.04. The molecule has 2 aliphatic rings. The van der Waals surface area contributed by atoms with Crippen molar-refractivity contribution in [2.75, 3.05) is 18.1 Å². The monoisotopic (exact) mass is 675 g/mol. The Balaban J connectivity index is 1.42. The van der Waals surface area contributed by atoms with Gasteiger partial charge >= 0.3 is 5.91 Å². The molecule has 47 heavy (non-hydrogen) atoms. The van der Waals surface area contributed by atoms with Crippen molar-refractivity contribution >= 4 is 45.7 Å². The number of carbonyl (C=O) groups is 2. The van der Waals surface area contributed by atoms with E-state index in [2.05, 4.69) is 17.1 Å². The topological polar surface area (TPSA) is 111 Å². The fraction of sp³-hybridized carbons (Fsp3) is 0.314. The molecule has 1 aromatic heterocycles. The number of aliphatic hydroxyl groups excluding tert-OH is 1. The second-order valence-electron chi connectivity index (χ2n) is 11.2. The summed E-state index contributed by atoms with van der Waals surface area (Å²) in [4.78, 5) is 28.9. The zero-order valence-electron chi connectivity index (χ0n) is 26.2. The van der Waals surface area contributed by atoms with Gasteiger partial charge in [-0.1, -0.05) is 60.7 Å². The number of anilines is 1. The fourth-order valence-electron chi connectivity index (χ4n) is 5.59. The summed E-state index contributed by atoms with van der Waals surface area (Å²) in [6, 6.07) is 15.9. The van der Waals surface area contributed by atoms with Gasteiger partial charge in [-0.25, -0.2) is 4.39 Å². The SMILES string of the molecule is CCCCOc1ccc([C@@H]2C(=C(O)c3ccc4c(c3)C[C@@H](C)O4)C(=O)C(=O)N2c2nnc(SCc3ccccc3F)s2)cc1OCC. The van der Waals surface area contributed by atoms with Gasteiger partial charge in [-0.05, 0) is 73.4 Å². The van der Waals surface area contributed by atoms with Gasteiger partial charge in [0, 0.05) is 17.7 Å². The average Bonchev–Trinajstić information content (AvgIpc) is 3.76. The first-order valence-electron chi connectivity index (χ1n) is 15.5. The predicted octanol–water partition coefficient (Wildman–Crippen LogP) is 7.50. The number of Topliss-reactive ketones (excluding diaryl/α,β-unsaturated/α-hetero) is 1. The Hall–Kier alpha value is -4.42. The molecule has 1 amide bonds. The van der Waals surface area contributed by atoms with Crippen LogP contribution in [0.4, 0.5) is 9.52 Å². The number of carbonyl (C=O) groups excluding carboxylic acids is 2. The molecular weight excluding hydrogens is 642 g/mol. The standard InChI is InChI=1S/C35H34FN3O6S2/c1-4-6-15-44-27-14-11-21(18-28(27)43-5-2)30-29(31(40)22-12-13-26-24(17-22)16-20(3)45-26)32(41)33(42)39(30)34-37-38-35(47-34)46-19-23-9-7-8-10-25(23)36/h7-14,17-18,20,30,40H,4-6,15-16,19H2,1-3H3/t20-,30-/m1/s1. The maximum absolute atomic E-state index is 14.2. The van der Waals surface area contributed by atoms with E-state index in [9.17, 15) is 19.1 Å². The molecule has 0 saturated carbocycles. The number of thioether (sulfide) groups is 1. The largest absolute Gasteiger partial charge is 0.507 e. The van der Waals surface area contributed by atoms with Crippen LogP contribution in [0.1, 0.15) is 61.9 Å². The Morgan fingerprint density at radius 2 is 1.91 bits per heavy atom. The van der Waals surface area contributed by atoms with E-state index in [1.807, 2.05) is 13.8 Å². The molecule has 4 aromatic rings. The van der Waals surface area contributed by atoms with E-state index in [1.165, 1.54) is 22.7 Å². The maximum atomic E-state index is 14.2. The van der Waals surface area contributed by atoms with Gasteiger partial charge in [-0.3, -0.25) is 14.5 Å². The summed E-state index contributed by atoms with van der Waals surface area (Å²) >= 11 is 2.39. The highest BCUT2D eigenvalue weighted by Crippen LogP contribution is 2.46. The summed E-state index contributed by atoms with van der Waals surface area (Å²) in [6.07, 6.45) is 2.48. The van der Waals surface area contributed by atoms with Crippen LogP contribution in [0, 0.1) is 5.82 Å². The quantitative estimate of drug-likeness (QED) is 0.0408. The summed E-state index contributed by atoms with van der Waals surface area (Å²) < 4.78 is 32.5. The van der Waals surface area contributed by atoms with Crippen LogP contribution in [-0.2, 0) is 21.8 Å². The van der Waals surface area contributed by atoms with Gasteiger partial charge in [0.1, 0.15) is 23.4 Å². The lowest BCUT2D eigenvalue weighted by molar-refractivity contribution is -0.132. The highest BCUT2D eigenvalue weighted by molar-refractivity contribution is 8.00. The van der Waals surface area contributed by atoms with Crippen LogP contribution in [0.3, 0.4) is 0 Å². The van der Waals surface area contributed by atoms with Crippen molar-refractivity contribution in [2.45, 2.75) is 62.3 Å². The van der Waals surface area contributed by atoms with E-state index in [-0.39, 0.29) is 28.4 Å². The molecule has 1 fully saturated rings. The number of hydrogen-bond acceptors (Lipinski definition) is 10. The van der Waals surface area contributed by atoms with Crippen molar-refractivity contribution in [1.82, 2.24) is 10.2 Å².